The number of hydrogen-bond donors (Lipinski definition) is 0. The molecule has 4 heteroatoms. The summed E-state index contributed by atoms with van der Waals surface area (Å²) in [5.41, 5.74) is 3.71. The predicted octanol–water partition coefficient (Wildman–Crippen LogP) is 3.57. The number of carbonyl (C=O) groups excluding carboxylic acids is 1. The van der Waals surface area contributed by atoms with E-state index in [1.54, 1.807) is 6.20 Å². The van der Waals surface area contributed by atoms with E-state index in [0.29, 0.717) is 18.7 Å². The second-order valence-corrected chi connectivity index (χ2v) is 5.15. The Morgan fingerprint density at radius 1 is 1.23 bits per heavy atom. The maximum Gasteiger partial charge on any atom is 0.340 e. The fourth-order valence-electron chi connectivity index (χ4n) is 2.77. The minimum Gasteiger partial charge on any atom is -0.462 e. The first kappa shape index (κ1) is 14.3. The molecule has 1 aromatic carbocycles. The van der Waals surface area contributed by atoms with Crippen molar-refractivity contribution in [1.82, 2.24) is 9.55 Å². The molecular formula is C18H18N2O2. The third-order valence-electron chi connectivity index (χ3n) is 3.77. The summed E-state index contributed by atoms with van der Waals surface area (Å²) in [5.74, 6) is -0.263. The number of nitrogens with zero attached hydrogens (tertiary/aromatic N) is 2. The van der Waals surface area contributed by atoms with E-state index >= 15 is 0 Å². The molecule has 0 radical (unpaired) electrons. The lowest BCUT2D eigenvalue weighted by atomic mass is 10.1. The van der Waals surface area contributed by atoms with E-state index in [2.05, 4.69) is 9.55 Å². The van der Waals surface area contributed by atoms with Crippen molar-refractivity contribution < 1.29 is 9.53 Å². The first-order valence-electron chi connectivity index (χ1n) is 7.36. The van der Waals surface area contributed by atoms with Gasteiger partial charge >= 0.3 is 5.97 Å². The molecule has 112 valence electrons. The fourth-order valence-corrected chi connectivity index (χ4v) is 2.77. The maximum absolute atomic E-state index is 12.3. The van der Waals surface area contributed by atoms with Crippen molar-refractivity contribution in [2.45, 2.75) is 20.4 Å². The molecule has 22 heavy (non-hydrogen) atoms. The third-order valence-corrected chi connectivity index (χ3v) is 3.77. The standard InChI is InChI=1S/C18H18N2O2/c1-3-22-18(21)17-13(2)20(12-14-7-6-10-19-11-14)16-9-5-4-8-15(16)17/h4-11H,3,12H2,1-2H3. The molecule has 0 saturated carbocycles. The van der Waals surface area contributed by atoms with Crippen molar-refractivity contribution in [3.05, 3.63) is 65.6 Å². The van der Waals surface area contributed by atoms with E-state index < -0.39 is 0 Å². The summed E-state index contributed by atoms with van der Waals surface area (Å²) in [6, 6.07) is 11.9. The SMILES string of the molecule is CCOC(=O)c1c(C)n(Cc2cccnc2)c2ccccc12. The molecule has 3 rings (SSSR count). The van der Waals surface area contributed by atoms with Gasteiger partial charge in [0.1, 0.15) is 0 Å². The normalized spacial score (nSPS) is 10.8. The number of benzene rings is 1. The van der Waals surface area contributed by atoms with Crippen molar-refractivity contribution in [3.8, 4) is 0 Å². The zero-order chi connectivity index (χ0) is 15.5. The number of pyridine rings is 1. The first-order chi connectivity index (χ1) is 10.7. The zero-order valence-electron chi connectivity index (χ0n) is 12.7. The molecule has 2 aromatic heterocycles. The fraction of sp³-hybridized carbons (Fsp3) is 0.222. The Bertz CT molecular complexity index is 807. The second-order valence-electron chi connectivity index (χ2n) is 5.15. The Morgan fingerprint density at radius 3 is 2.77 bits per heavy atom. The van der Waals surface area contributed by atoms with Crippen LogP contribution in [0.25, 0.3) is 10.9 Å². The molecule has 0 unspecified atom stereocenters. The first-order valence-corrected chi connectivity index (χ1v) is 7.36. The molecule has 0 atom stereocenters. The van der Waals surface area contributed by atoms with Gasteiger partial charge in [0.2, 0.25) is 0 Å². The number of aromatic nitrogens is 2. The molecule has 4 nitrogen and oxygen atoms in total. The largest absolute Gasteiger partial charge is 0.462 e. The lowest BCUT2D eigenvalue weighted by Crippen LogP contribution is -2.08. The van der Waals surface area contributed by atoms with E-state index in [1.165, 1.54) is 0 Å². The summed E-state index contributed by atoms with van der Waals surface area (Å²) in [7, 11) is 0. The molecule has 0 spiro atoms. The number of rotatable bonds is 4. The number of fused-ring (bicyclic) bond motifs is 1. The minimum atomic E-state index is -0.263. The molecule has 0 aliphatic rings. The average Bonchev–Trinajstić information content (AvgIpc) is 2.81. The molecule has 0 aliphatic carbocycles. The summed E-state index contributed by atoms with van der Waals surface area (Å²) in [6.07, 6.45) is 3.60. The number of hydrogen-bond acceptors (Lipinski definition) is 3. The lowest BCUT2D eigenvalue weighted by Gasteiger charge is -2.08. The summed E-state index contributed by atoms with van der Waals surface area (Å²) in [6.45, 7) is 4.84. The van der Waals surface area contributed by atoms with Gasteiger partial charge in [-0.2, -0.15) is 0 Å². The smallest absolute Gasteiger partial charge is 0.340 e. The van der Waals surface area contributed by atoms with Gasteiger partial charge in [0.25, 0.3) is 0 Å². The van der Waals surface area contributed by atoms with Crippen LogP contribution >= 0.6 is 0 Å². The Morgan fingerprint density at radius 2 is 2.05 bits per heavy atom. The van der Waals surface area contributed by atoms with Gasteiger partial charge in [0.05, 0.1) is 12.2 Å². The van der Waals surface area contributed by atoms with E-state index in [4.69, 9.17) is 4.74 Å². The van der Waals surface area contributed by atoms with Crippen LogP contribution in [0.2, 0.25) is 0 Å². The van der Waals surface area contributed by atoms with Crippen LogP contribution in [0.4, 0.5) is 0 Å². The number of ether oxygens (including phenoxy) is 1. The molecule has 0 N–H and O–H groups in total. The summed E-state index contributed by atoms with van der Waals surface area (Å²) in [5, 5.41) is 0.933. The van der Waals surface area contributed by atoms with E-state index in [9.17, 15) is 4.79 Å². The quantitative estimate of drug-likeness (QED) is 0.691. The Labute approximate surface area is 129 Å². The predicted molar refractivity (Wildman–Crippen MR) is 86.0 cm³/mol. The van der Waals surface area contributed by atoms with Gasteiger partial charge < -0.3 is 9.30 Å². The Kier molecular flexibility index (Phi) is 3.92. The van der Waals surface area contributed by atoms with Crippen LogP contribution in [0.1, 0.15) is 28.5 Å². The molecule has 3 aromatic rings. The van der Waals surface area contributed by atoms with Crippen molar-refractivity contribution in [1.29, 1.82) is 0 Å². The van der Waals surface area contributed by atoms with Crippen molar-refractivity contribution in [3.63, 3.8) is 0 Å². The van der Waals surface area contributed by atoms with Crippen LogP contribution in [-0.2, 0) is 11.3 Å². The van der Waals surface area contributed by atoms with Crippen LogP contribution in [-0.4, -0.2) is 22.1 Å². The van der Waals surface area contributed by atoms with Gasteiger partial charge in [-0.15, -0.1) is 0 Å². The number of esters is 1. The van der Waals surface area contributed by atoms with Gasteiger partial charge in [-0.1, -0.05) is 24.3 Å². The molecule has 0 aliphatic heterocycles. The van der Waals surface area contributed by atoms with Crippen molar-refractivity contribution >= 4 is 16.9 Å². The van der Waals surface area contributed by atoms with Gasteiger partial charge in [-0.3, -0.25) is 4.98 Å². The zero-order valence-corrected chi connectivity index (χ0v) is 12.7. The summed E-state index contributed by atoms with van der Waals surface area (Å²) < 4.78 is 7.35. The van der Waals surface area contributed by atoms with Gasteiger partial charge in [0, 0.05) is 35.5 Å². The van der Waals surface area contributed by atoms with Crippen LogP contribution in [0, 0.1) is 6.92 Å². The highest BCUT2D eigenvalue weighted by molar-refractivity contribution is 6.05. The topological polar surface area (TPSA) is 44.1 Å². The van der Waals surface area contributed by atoms with Crippen molar-refractivity contribution in [2.24, 2.45) is 0 Å². The van der Waals surface area contributed by atoms with Gasteiger partial charge in [0.15, 0.2) is 0 Å². The monoisotopic (exact) mass is 294 g/mol. The van der Waals surface area contributed by atoms with Crippen LogP contribution < -0.4 is 0 Å². The summed E-state index contributed by atoms with van der Waals surface area (Å²) >= 11 is 0. The van der Waals surface area contributed by atoms with E-state index in [0.717, 1.165) is 22.2 Å². The highest BCUT2D eigenvalue weighted by Gasteiger charge is 2.20. The Balaban J connectivity index is 2.14. The summed E-state index contributed by atoms with van der Waals surface area (Å²) in [4.78, 5) is 16.5. The average molecular weight is 294 g/mol. The molecular weight excluding hydrogens is 276 g/mol. The second kappa shape index (κ2) is 6.02. The highest BCUT2D eigenvalue weighted by Crippen LogP contribution is 2.27. The van der Waals surface area contributed by atoms with Crippen LogP contribution in [0.15, 0.2) is 48.8 Å². The molecule has 0 saturated heterocycles. The highest BCUT2D eigenvalue weighted by atomic mass is 16.5. The number of para-hydroxylation sites is 1. The lowest BCUT2D eigenvalue weighted by molar-refractivity contribution is 0.0527. The van der Waals surface area contributed by atoms with Crippen LogP contribution in [0.5, 0.6) is 0 Å². The molecule has 0 bridgehead atoms. The van der Waals surface area contributed by atoms with Crippen molar-refractivity contribution in [2.75, 3.05) is 6.61 Å². The van der Waals surface area contributed by atoms with Gasteiger partial charge in [-0.05, 0) is 31.5 Å². The Hall–Kier alpha value is -2.62. The molecule has 2 heterocycles. The van der Waals surface area contributed by atoms with Gasteiger partial charge in [-0.25, -0.2) is 4.79 Å². The molecule has 0 amide bonds. The maximum atomic E-state index is 12.3. The number of carbonyl (C=O) groups is 1. The molecule has 0 fully saturated rings. The minimum absolute atomic E-state index is 0.263. The third kappa shape index (κ3) is 2.48. The van der Waals surface area contributed by atoms with E-state index in [-0.39, 0.29) is 5.97 Å². The van der Waals surface area contributed by atoms with Crippen LogP contribution in [0.3, 0.4) is 0 Å². The van der Waals surface area contributed by atoms with E-state index in [1.807, 2.05) is 56.4 Å².